The third-order valence-electron chi connectivity index (χ3n) is 5.41. The van der Waals surface area contributed by atoms with Crippen LogP contribution in [0.2, 0.25) is 0 Å². The van der Waals surface area contributed by atoms with Crippen molar-refractivity contribution in [2.45, 2.75) is 36.2 Å². The number of aromatic nitrogens is 3. The van der Waals surface area contributed by atoms with Crippen LogP contribution in [0.1, 0.15) is 31.2 Å². The van der Waals surface area contributed by atoms with Crippen LogP contribution in [0.25, 0.3) is 21.8 Å². The van der Waals surface area contributed by atoms with Gasteiger partial charge in [0, 0.05) is 17.7 Å². The normalized spacial score (nSPS) is 12.5. The first-order valence-corrected chi connectivity index (χ1v) is 14.3. The molecule has 1 atom stereocenters. The van der Waals surface area contributed by atoms with Gasteiger partial charge in [0.1, 0.15) is 11.6 Å². The molecular weight excluding hydrogens is 529 g/mol. The summed E-state index contributed by atoms with van der Waals surface area (Å²) < 4.78 is 71.5. The van der Waals surface area contributed by atoms with Crippen molar-refractivity contribution in [1.82, 2.24) is 15.0 Å². The lowest BCUT2D eigenvalue weighted by molar-refractivity contribution is 0.521. The molecule has 36 heavy (non-hydrogen) atoms. The highest BCUT2D eigenvalue weighted by Gasteiger charge is 2.27. The monoisotopic (exact) mass is 550 g/mol. The van der Waals surface area contributed by atoms with E-state index in [1.54, 1.807) is 12.3 Å². The predicted octanol–water partition coefficient (Wildman–Crippen LogP) is 6.72. The van der Waals surface area contributed by atoms with Crippen molar-refractivity contribution in [2.24, 2.45) is 0 Å². The molecule has 0 saturated heterocycles. The van der Waals surface area contributed by atoms with Gasteiger partial charge in [-0.15, -0.1) is 11.3 Å². The highest BCUT2D eigenvalue weighted by molar-refractivity contribution is 7.98. The van der Waals surface area contributed by atoms with Gasteiger partial charge in [-0.1, -0.05) is 37.7 Å². The van der Waals surface area contributed by atoms with Gasteiger partial charge < -0.3 is 0 Å². The summed E-state index contributed by atoms with van der Waals surface area (Å²) in [6, 6.07) is 8.44. The lowest BCUT2D eigenvalue weighted by Gasteiger charge is -2.12. The second-order valence-corrected chi connectivity index (χ2v) is 11.2. The third-order valence-corrected chi connectivity index (χ3v) is 8.70. The molecule has 0 aliphatic heterocycles. The van der Waals surface area contributed by atoms with Crippen LogP contribution < -0.4 is 4.72 Å². The van der Waals surface area contributed by atoms with Gasteiger partial charge in [0.15, 0.2) is 15.9 Å². The summed E-state index contributed by atoms with van der Waals surface area (Å²) in [5.41, 5.74) is 0.396. The molecule has 12 heteroatoms. The van der Waals surface area contributed by atoms with E-state index in [4.69, 9.17) is 0 Å². The van der Waals surface area contributed by atoms with Crippen molar-refractivity contribution in [1.29, 1.82) is 0 Å². The molecule has 0 aliphatic rings. The minimum atomic E-state index is -4.76. The van der Waals surface area contributed by atoms with Crippen LogP contribution in [-0.4, -0.2) is 29.6 Å². The van der Waals surface area contributed by atoms with Crippen LogP contribution in [0.5, 0.6) is 0 Å². The Labute approximate surface area is 215 Å². The lowest BCUT2D eigenvalue weighted by Crippen LogP contribution is -2.17. The Morgan fingerprint density at radius 2 is 1.75 bits per heavy atom. The maximum atomic E-state index is 15.8. The second kappa shape index (κ2) is 10.6. The van der Waals surface area contributed by atoms with Gasteiger partial charge >= 0.3 is 0 Å². The summed E-state index contributed by atoms with van der Waals surface area (Å²) in [5, 5.41) is 1.30. The molecule has 6 nitrogen and oxygen atoms in total. The van der Waals surface area contributed by atoms with Gasteiger partial charge in [-0.3, -0.25) is 4.72 Å². The summed E-state index contributed by atoms with van der Waals surface area (Å²) in [5.74, 6) is -3.41. The van der Waals surface area contributed by atoms with Gasteiger partial charge in [0.05, 0.1) is 27.0 Å². The average molecular weight is 551 g/mol. The summed E-state index contributed by atoms with van der Waals surface area (Å²) in [6.45, 7) is 4.02. The largest absolute Gasteiger partial charge is 0.276 e. The van der Waals surface area contributed by atoms with Crippen molar-refractivity contribution in [3.8, 4) is 21.8 Å². The summed E-state index contributed by atoms with van der Waals surface area (Å²) in [4.78, 5) is 12.8. The van der Waals surface area contributed by atoms with Crippen molar-refractivity contribution >= 4 is 38.8 Å². The fourth-order valence-electron chi connectivity index (χ4n) is 3.37. The van der Waals surface area contributed by atoms with E-state index in [0.29, 0.717) is 15.7 Å². The van der Waals surface area contributed by atoms with Crippen molar-refractivity contribution in [2.75, 3.05) is 11.0 Å². The molecule has 4 aromatic rings. The number of anilines is 1. The summed E-state index contributed by atoms with van der Waals surface area (Å²) >= 11 is 2.73. The number of hydrogen-bond donors (Lipinski definition) is 1. The van der Waals surface area contributed by atoms with Crippen molar-refractivity contribution in [3.63, 3.8) is 0 Å². The van der Waals surface area contributed by atoms with E-state index < -0.39 is 38.1 Å². The highest BCUT2D eigenvalue weighted by atomic mass is 32.2. The number of thioether (sulfide) groups is 1. The average Bonchev–Trinajstić information content (AvgIpc) is 3.30. The fourth-order valence-corrected chi connectivity index (χ4v) is 6.11. The maximum absolute atomic E-state index is 15.8. The third kappa shape index (κ3) is 5.11. The summed E-state index contributed by atoms with van der Waals surface area (Å²) in [7, 11) is -4.76. The van der Waals surface area contributed by atoms with Crippen LogP contribution in [-0.2, 0) is 10.0 Å². The number of hydrogen-bond acceptors (Lipinski definition) is 7. The SMILES string of the molecule is CCC(C)c1nc(-c2cccc(NS(=O)(=O)c3c(F)cccc3F)c2F)c(-c2ccnc(SC)n2)s1. The number of rotatable bonds is 8. The minimum Gasteiger partial charge on any atom is -0.276 e. The Balaban J connectivity index is 1.84. The van der Waals surface area contributed by atoms with E-state index >= 15 is 4.39 Å². The van der Waals surface area contributed by atoms with E-state index in [1.165, 1.54) is 41.3 Å². The second-order valence-electron chi connectivity index (χ2n) is 7.79. The summed E-state index contributed by atoms with van der Waals surface area (Å²) in [6.07, 6.45) is 4.25. The molecular formula is C24H21F3N4O2S3. The molecule has 0 aliphatic carbocycles. The zero-order valence-corrected chi connectivity index (χ0v) is 21.9. The van der Waals surface area contributed by atoms with Crippen LogP contribution >= 0.6 is 23.1 Å². The molecule has 0 bridgehead atoms. The van der Waals surface area contributed by atoms with Crippen molar-refractivity contribution < 1.29 is 21.6 Å². The Morgan fingerprint density at radius 3 is 2.42 bits per heavy atom. The lowest BCUT2D eigenvalue weighted by atomic mass is 10.1. The zero-order valence-electron chi connectivity index (χ0n) is 19.4. The van der Waals surface area contributed by atoms with Crippen LogP contribution in [0.4, 0.5) is 18.9 Å². The van der Waals surface area contributed by atoms with E-state index in [1.807, 2.05) is 24.8 Å². The molecule has 2 aromatic carbocycles. The first-order chi connectivity index (χ1) is 17.2. The van der Waals surface area contributed by atoms with Gasteiger partial charge in [0.25, 0.3) is 10.0 Å². The Kier molecular flexibility index (Phi) is 7.67. The number of nitrogens with one attached hydrogen (secondary N) is 1. The smallest absolute Gasteiger partial charge is 0.267 e. The maximum Gasteiger partial charge on any atom is 0.267 e. The molecule has 4 rings (SSSR count). The van der Waals surface area contributed by atoms with Gasteiger partial charge in [-0.25, -0.2) is 36.5 Å². The molecule has 0 saturated carbocycles. The van der Waals surface area contributed by atoms with E-state index in [0.717, 1.165) is 29.6 Å². The van der Waals surface area contributed by atoms with Crippen molar-refractivity contribution in [3.05, 3.63) is 71.1 Å². The minimum absolute atomic E-state index is 0.0225. The first kappa shape index (κ1) is 26.1. The van der Waals surface area contributed by atoms with E-state index in [-0.39, 0.29) is 17.2 Å². The molecule has 2 aromatic heterocycles. The zero-order chi connectivity index (χ0) is 26.0. The number of sulfonamides is 1. The van der Waals surface area contributed by atoms with Crippen LogP contribution in [0.15, 0.2) is 58.7 Å². The van der Waals surface area contributed by atoms with Gasteiger partial charge in [-0.2, -0.15) is 0 Å². The van der Waals surface area contributed by atoms with Crippen LogP contribution in [0, 0.1) is 17.5 Å². The first-order valence-electron chi connectivity index (χ1n) is 10.8. The highest BCUT2D eigenvalue weighted by Crippen LogP contribution is 2.41. The molecule has 1 N–H and O–H groups in total. The van der Waals surface area contributed by atoms with E-state index in [2.05, 4.69) is 15.0 Å². The Hall–Kier alpha value is -2.96. The number of halogens is 3. The molecule has 0 spiro atoms. The molecule has 0 radical (unpaired) electrons. The number of benzene rings is 2. The van der Waals surface area contributed by atoms with Crippen LogP contribution in [0.3, 0.4) is 0 Å². The number of thiazole rings is 1. The molecule has 0 amide bonds. The fraction of sp³-hybridized carbons (Fsp3) is 0.208. The molecule has 0 fully saturated rings. The molecule has 2 heterocycles. The molecule has 188 valence electrons. The topological polar surface area (TPSA) is 84.8 Å². The Bertz CT molecular complexity index is 1510. The van der Waals surface area contributed by atoms with Gasteiger partial charge in [-0.05, 0) is 43.0 Å². The predicted molar refractivity (Wildman–Crippen MR) is 136 cm³/mol. The quantitative estimate of drug-likeness (QED) is 0.194. The van der Waals surface area contributed by atoms with E-state index in [9.17, 15) is 17.2 Å². The Morgan fingerprint density at radius 1 is 1.06 bits per heavy atom. The number of nitrogens with zero attached hydrogens (tertiary/aromatic N) is 3. The van der Waals surface area contributed by atoms with Gasteiger partial charge in [0.2, 0.25) is 0 Å². The molecule has 1 unspecified atom stereocenters. The standard InChI is InChI=1S/C24H21F3N4O2S3/c1-4-13(2)23-30-20(21(35-23)18-11-12-28-24(29-18)34-3)14-7-5-10-17(19(14)27)31-36(32,33)22-15(25)8-6-9-16(22)26/h5-13,31H,4H2,1-3H3.